The maximum Gasteiger partial charge on any atom is 0.264 e. The first-order chi connectivity index (χ1) is 4.57. The van der Waals surface area contributed by atoms with E-state index in [1.54, 1.807) is 25.1 Å². The minimum Gasteiger partial charge on any atom is -0.382 e. The highest BCUT2D eigenvalue weighted by Gasteiger charge is 2.03. The van der Waals surface area contributed by atoms with Crippen molar-refractivity contribution in [2.24, 2.45) is 0 Å². The molecule has 0 rings (SSSR count). The van der Waals surface area contributed by atoms with Crippen LogP contribution in [0.2, 0.25) is 0 Å². The third-order valence-electron chi connectivity index (χ3n) is 0.720. The maximum atomic E-state index is 10.4. The Morgan fingerprint density at radius 1 is 1.70 bits per heavy atom. The maximum absolute atomic E-state index is 10.4. The molecule has 0 heterocycles. The highest BCUT2D eigenvalue weighted by Crippen LogP contribution is 1.98. The minimum absolute atomic E-state index is 0.0494. The monoisotopic (exact) mass is 158 g/mol. The summed E-state index contributed by atoms with van der Waals surface area (Å²) in [5.41, 5.74) is -0.0494. The Kier molecular flexibility index (Phi) is 3.52. The van der Waals surface area contributed by atoms with Crippen LogP contribution in [0.1, 0.15) is 0 Å². The van der Waals surface area contributed by atoms with Crippen LogP contribution >= 0.6 is 11.6 Å². The van der Waals surface area contributed by atoms with Crippen LogP contribution in [0.5, 0.6) is 0 Å². The van der Waals surface area contributed by atoms with Crippen molar-refractivity contribution in [2.75, 3.05) is 14.1 Å². The van der Waals surface area contributed by atoms with E-state index in [4.69, 9.17) is 16.9 Å². The molecule has 10 heavy (non-hydrogen) atoms. The first-order valence-electron chi connectivity index (χ1n) is 2.56. The molecule has 0 aromatic carbocycles. The van der Waals surface area contributed by atoms with Gasteiger partial charge in [0.2, 0.25) is 0 Å². The van der Waals surface area contributed by atoms with Crippen LogP contribution < -0.4 is 0 Å². The molecule has 0 bridgehead atoms. The fraction of sp³-hybridized carbons (Fsp3) is 0.333. The summed E-state index contributed by atoms with van der Waals surface area (Å²) in [6.45, 7) is 0. The standard InChI is InChI=1S/C6H7ClN2O/c1-9(2)4-5(3-8)6(7)10/h4H,1-2H3/b5-4-. The molecule has 54 valence electrons. The molecular formula is C6H7ClN2O. The van der Waals surface area contributed by atoms with Crippen LogP contribution in [0.3, 0.4) is 0 Å². The number of hydrogen-bond acceptors (Lipinski definition) is 3. The Morgan fingerprint density at radius 2 is 2.20 bits per heavy atom. The second-order valence-electron chi connectivity index (χ2n) is 1.89. The van der Waals surface area contributed by atoms with Crippen molar-refractivity contribution in [3.8, 4) is 6.07 Å². The first-order valence-corrected chi connectivity index (χ1v) is 2.94. The molecule has 0 aromatic rings. The molecule has 0 aliphatic carbocycles. The van der Waals surface area contributed by atoms with Crippen molar-refractivity contribution in [3.63, 3.8) is 0 Å². The van der Waals surface area contributed by atoms with Crippen LogP contribution in [-0.4, -0.2) is 24.2 Å². The van der Waals surface area contributed by atoms with Gasteiger partial charge in [-0.3, -0.25) is 4.79 Å². The normalized spacial score (nSPS) is 10.4. The summed E-state index contributed by atoms with van der Waals surface area (Å²) in [5.74, 6) is 0. The van der Waals surface area contributed by atoms with Crippen molar-refractivity contribution in [1.82, 2.24) is 4.90 Å². The van der Waals surface area contributed by atoms with Crippen molar-refractivity contribution >= 4 is 16.8 Å². The molecule has 0 aromatic heterocycles. The number of carbonyl (C=O) groups excluding carboxylic acids is 1. The van der Waals surface area contributed by atoms with Crippen LogP contribution in [0.4, 0.5) is 0 Å². The van der Waals surface area contributed by atoms with Gasteiger partial charge in [0.1, 0.15) is 11.6 Å². The van der Waals surface area contributed by atoms with Gasteiger partial charge in [-0.05, 0) is 11.6 Å². The second kappa shape index (κ2) is 3.91. The van der Waals surface area contributed by atoms with Gasteiger partial charge < -0.3 is 4.90 Å². The molecule has 0 saturated heterocycles. The van der Waals surface area contributed by atoms with Gasteiger partial charge in [-0.1, -0.05) is 0 Å². The van der Waals surface area contributed by atoms with E-state index in [1.807, 2.05) is 0 Å². The zero-order valence-electron chi connectivity index (χ0n) is 5.76. The Balaban J connectivity index is 4.39. The zero-order chi connectivity index (χ0) is 8.15. The molecule has 0 amide bonds. The van der Waals surface area contributed by atoms with Gasteiger partial charge in [-0.25, -0.2) is 0 Å². The van der Waals surface area contributed by atoms with E-state index in [-0.39, 0.29) is 5.57 Å². The largest absolute Gasteiger partial charge is 0.382 e. The minimum atomic E-state index is -0.726. The summed E-state index contributed by atoms with van der Waals surface area (Å²) in [7, 11) is 3.41. The van der Waals surface area contributed by atoms with Crippen LogP contribution in [0.25, 0.3) is 0 Å². The fourth-order valence-electron chi connectivity index (χ4n) is 0.382. The van der Waals surface area contributed by atoms with E-state index in [2.05, 4.69) is 0 Å². The number of carbonyl (C=O) groups is 1. The van der Waals surface area contributed by atoms with Gasteiger partial charge in [0.15, 0.2) is 0 Å². The van der Waals surface area contributed by atoms with Crippen LogP contribution in [0, 0.1) is 11.3 Å². The van der Waals surface area contributed by atoms with E-state index in [9.17, 15) is 4.79 Å². The highest BCUT2D eigenvalue weighted by atomic mass is 35.5. The lowest BCUT2D eigenvalue weighted by Crippen LogP contribution is -2.04. The molecule has 0 atom stereocenters. The molecule has 0 saturated carbocycles. The molecule has 0 spiro atoms. The number of halogens is 1. The van der Waals surface area contributed by atoms with Gasteiger partial charge in [-0.15, -0.1) is 0 Å². The molecule has 0 aliphatic heterocycles. The summed E-state index contributed by atoms with van der Waals surface area (Å²) < 4.78 is 0. The summed E-state index contributed by atoms with van der Waals surface area (Å²) in [5, 5.41) is 7.57. The van der Waals surface area contributed by atoms with E-state index < -0.39 is 5.24 Å². The van der Waals surface area contributed by atoms with Crippen LogP contribution in [0.15, 0.2) is 11.8 Å². The highest BCUT2D eigenvalue weighted by molar-refractivity contribution is 6.68. The van der Waals surface area contributed by atoms with Gasteiger partial charge in [0.25, 0.3) is 5.24 Å². The number of nitrogens with zero attached hydrogens (tertiary/aromatic N) is 2. The topological polar surface area (TPSA) is 44.1 Å². The Labute approximate surface area is 64.5 Å². The molecule has 4 heteroatoms. The average Bonchev–Trinajstić information content (AvgIpc) is 1.81. The predicted molar refractivity (Wildman–Crippen MR) is 38.2 cm³/mol. The number of nitriles is 1. The van der Waals surface area contributed by atoms with Gasteiger partial charge in [0.05, 0.1) is 0 Å². The second-order valence-corrected chi connectivity index (χ2v) is 2.24. The van der Waals surface area contributed by atoms with Crippen LogP contribution in [-0.2, 0) is 4.79 Å². The van der Waals surface area contributed by atoms with E-state index in [0.717, 1.165) is 0 Å². The zero-order valence-corrected chi connectivity index (χ0v) is 6.51. The summed E-state index contributed by atoms with van der Waals surface area (Å²) in [6.07, 6.45) is 1.37. The lowest BCUT2D eigenvalue weighted by Gasteiger charge is -2.02. The molecular weight excluding hydrogens is 152 g/mol. The Hall–Kier alpha value is -1.01. The van der Waals surface area contributed by atoms with Crippen molar-refractivity contribution in [1.29, 1.82) is 5.26 Å². The average molecular weight is 159 g/mol. The lowest BCUT2D eigenvalue weighted by atomic mass is 10.3. The predicted octanol–water partition coefficient (Wildman–Crippen LogP) is 0.721. The van der Waals surface area contributed by atoms with E-state index in [0.29, 0.717) is 0 Å². The molecule has 0 unspecified atom stereocenters. The summed E-state index contributed by atoms with van der Waals surface area (Å²) in [4.78, 5) is 11.9. The fourth-order valence-corrected chi connectivity index (χ4v) is 0.473. The molecule has 3 nitrogen and oxygen atoms in total. The lowest BCUT2D eigenvalue weighted by molar-refractivity contribution is -0.108. The van der Waals surface area contributed by atoms with E-state index in [1.165, 1.54) is 6.20 Å². The quantitative estimate of drug-likeness (QED) is 0.338. The molecule has 0 aliphatic rings. The molecule has 0 radical (unpaired) electrons. The van der Waals surface area contributed by atoms with Gasteiger partial charge >= 0.3 is 0 Å². The summed E-state index contributed by atoms with van der Waals surface area (Å²) >= 11 is 5.03. The number of hydrogen-bond donors (Lipinski definition) is 0. The smallest absolute Gasteiger partial charge is 0.264 e. The first kappa shape index (κ1) is 8.99. The van der Waals surface area contributed by atoms with E-state index >= 15 is 0 Å². The Bertz CT molecular complexity index is 202. The Morgan fingerprint density at radius 3 is 2.30 bits per heavy atom. The SMILES string of the molecule is CN(C)/C=C(/C#N)C(=O)Cl. The number of rotatable bonds is 2. The molecule has 0 fully saturated rings. The van der Waals surface area contributed by atoms with Gasteiger partial charge in [-0.2, -0.15) is 5.26 Å². The summed E-state index contributed by atoms with van der Waals surface area (Å²) in [6, 6.07) is 1.67. The third-order valence-corrected chi connectivity index (χ3v) is 0.923. The van der Waals surface area contributed by atoms with Gasteiger partial charge in [0, 0.05) is 20.3 Å². The third kappa shape index (κ3) is 3.10. The molecule has 0 N–H and O–H groups in total. The van der Waals surface area contributed by atoms with Crippen molar-refractivity contribution in [2.45, 2.75) is 0 Å². The number of allylic oxidation sites excluding steroid dienone is 1. The van der Waals surface area contributed by atoms with Crippen molar-refractivity contribution in [3.05, 3.63) is 11.8 Å². The van der Waals surface area contributed by atoms with Crippen molar-refractivity contribution < 1.29 is 4.79 Å².